The van der Waals surface area contributed by atoms with Crippen LogP contribution in [0.25, 0.3) is 0 Å². The van der Waals surface area contributed by atoms with E-state index in [1.54, 1.807) is 6.20 Å². The van der Waals surface area contributed by atoms with Crippen molar-refractivity contribution in [3.63, 3.8) is 0 Å². The summed E-state index contributed by atoms with van der Waals surface area (Å²) in [4.78, 5) is 24.3. The van der Waals surface area contributed by atoms with Crippen LogP contribution in [0.2, 0.25) is 0 Å². The fourth-order valence-electron chi connectivity index (χ4n) is 1.70. The van der Waals surface area contributed by atoms with Gasteiger partial charge in [-0.05, 0) is 19.9 Å². The van der Waals surface area contributed by atoms with Gasteiger partial charge in [-0.2, -0.15) is 0 Å². The van der Waals surface area contributed by atoms with Crippen LogP contribution in [-0.4, -0.2) is 35.8 Å². The van der Waals surface area contributed by atoms with Crippen LogP contribution >= 0.6 is 0 Å². The molecule has 0 unspecified atom stereocenters. The zero-order valence-corrected chi connectivity index (χ0v) is 11.8. The minimum absolute atomic E-state index is 0.134. The molecule has 6 heteroatoms. The molecule has 1 aromatic carbocycles. The number of hydrogen-bond acceptors (Lipinski definition) is 5. The minimum atomic E-state index is -0.537. The molecule has 6 nitrogen and oxygen atoms in total. The molecule has 1 rings (SSSR count). The highest BCUT2D eigenvalue weighted by atomic mass is 16.6. The molecule has 0 aromatic heterocycles. The lowest BCUT2D eigenvalue weighted by Crippen LogP contribution is -2.16. The van der Waals surface area contributed by atoms with Crippen LogP contribution in [-0.2, 0) is 0 Å². The molecule has 0 heterocycles. The highest BCUT2D eigenvalue weighted by Gasteiger charge is 2.15. The number of nitro benzene ring substituents is 1. The van der Waals surface area contributed by atoms with Gasteiger partial charge in [-0.3, -0.25) is 14.9 Å². The van der Waals surface area contributed by atoms with E-state index < -0.39 is 4.92 Å². The van der Waals surface area contributed by atoms with Crippen LogP contribution in [0, 0.1) is 10.1 Å². The van der Waals surface area contributed by atoms with Crippen molar-refractivity contribution in [3.05, 3.63) is 46.2 Å². The van der Waals surface area contributed by atoms with Gasteiger partial charge in [0.25, 0.3) is 5.69 Å². The van der Waals surface area contributed by atoms with Crippen LogP contribution < -0.4 is 4.74 Å². The van der Waals surface area contributed by atoms with E-state index in [-0.39, 0.29) is 17.0 Å². The van der Waals surface area contributed by atoms with Crippen molar-refractivity contribution in [2.45, 2.75) is 13.8 Å². The lowest BCUT2D eigenvalue weighted by Gasteiger charge is -2.14. The van der Waals surface area contributed by atoms with Gasteiger partial charge >= 0.3 is 0 Å². The number of rotatable bonds is 7. The molecule has 0 bridgehead atoms. The van der Waals surface area contributed by atoms with Crippen LogP contribution in [0.5, 0.6) is 5.75 Å². The molecule has 0 aliphatic carbocycles. The Morgan fingerprint density at radius 2 is 2.05 bits per heavy atom. The van der Waals surface area contributed by atoms with Gasteiger partial charge in [-0.15, -0.1) is 0 Å². The van der Waals surface area contributed by atoms with Gasteiger partial charge < -0.3 is 9.64 Å². The SMILES string of the molecule is CCN(C=CC(=O)c1cc([N+](=O)[O-])ccc1OC)CC. The molecule has 0 amide bonds. The molecule has 0 spiro atoms. The van der Waals surface area contributed by atoms with E-state index >= 15 is 0 Å². The highest BCUT2D eigenvalue weighted by molar-refractivity contribution is 6.06. The van der Waals surface area contributed by atoms with E-state index in [1.165, 1.54) is 31.4 Å². The fraction of sp³-hybridized carbons (Fsp3) is 0.357. The van der Waals surface area contributed by atoms with Gasteiger partial charge in [-0.1, -0.05) is 0 Å². The first-order valence-corrected chi connectivity index (χ1v) is 6.32. The fourth-order valence-corrected chi connectivity index (χ4v) is 1.70. The summed E-state index contributed by atoms with van der Waals surface area (Å²) in [5.41, 5.74) is 0.0514. The number of carbonyl (C=O) groups excluding carboxylic acids is 1. The number of nitro groups is 1. The van der Waals surface area contributed by atoms with Crippen molar-refractivity contribution in [1.82, 2.24) is 4.90 Å². The van der Waals surface area contributed by atoms with E-state index in [2.05, 4.69) is 0 Å². The number of carbonyl (C=O) groups is 1. The van der Waals surface area contributed by atoms with Gasteiger partial charge in [0.2, 0.25) is 0 Å². The number of hydrogen-bond donors (Lipinski definition) is 0. The molecule has 0 saturated carbocycles. The second-order valence-corrected chi connectivity index (χ2v) is 4.04. The Balaban J connectivity index is 3.07. The number of allylic oxidation sites excluding steroid dienone is 1. The van der Waals surface area contributed by atoms with E-state index in [0.717, 1.165) is 13.1 Å². The summed E-state index contributed by atoms with van der Waals surface area (Å²) in [5.74, 6) is 0.00208. The van der Waals surface area contributed by atoms with Crippen LogP contribution in [0.3, 0.4) is 0 Å². The third-order valence-electron chi connectivity index (χ3n) is 2.91. The second-order valence-electron chi connectivity index (χ2n) is 4.04. The van der Waals surface area contributed by atoms with Crippen molar-refractivity contribution in [3.8, 4) is 5.75 Å². The van der Waals surface area contributed by atoms with Gasteiger partial charge in [0, 0.05) is 37.5 Å². The normalized spacial score (nSPS) is 10.6. The van der Waals surface area contributed by atoms with Gasteiger partial charge in [0.05, 0.1) is 17.6 Å². The number of ketones is 1. The Labute approximate surface area is 117 Å². The predicted molar refractivity (Wildman–Crippen MR) is 76.0 cm³/mol. The smallest absolute Gasteiger partial charge is 0.270 e. The molecule has 0 atom stereocenters. The molecule has 0 radical (unpaired) electrons. The summed E-state index contributed by atoms with van der Waals surface area (Å²) < 4.78 is 5.07. The van der Waals surface area contributed by atoms with Gasteiger partial charge in [0.15, 0.2) is 5.78 Å². The third-order valence-corrected chi connectivity index (χ3v) is 2.91. The topological polar surface area (TPSA) is 72.7 Å². The maximum atomic E-state index is 12.1. The van der Waals surface area contributed by atoms with Crippen LogP contribution in [0.15, 0.2) is 30.5 Å². The van der Waals surface area contributed by atoms with Crippen molar-refractivity contribution in [2.75, 3.05) is 20.2 Å². The number of benzene rings is 1. The molecule has 1 aromatic rings. The Bertz CT molecular complexity index is 522. The zero-order valence-electron chi connectivity index (χ0n) is 11.8. The maximum Gasteiger partial charge on any atom is 0.270 e. The Hall–Kier alpha value is -2.37. The second kappa shape index (κ2) is 7.28. The van der Waals surface area contributed by atoms with Crippen LogP contribution in [0.4, 0.5) is 5.69 Å². The first-order valence-electron chi connectivity index (χ1n) is 6.32. The maximum absolute atomic E-state index is 12.1. The third kappa shape index (κ3) is 3.81. The minimum Gasteiger partial charge on any atom is -0.496 e. The average molecular weight is 278 g/mol. The monoisotopic (exact) mass is 278 g/mol. The van der Waals surface area contributed by atoms with Crippen molar-refractivity contribution in [1.29, 1.82) is 0 Å². The number of nitrogens with zero attached hydrogens (tertiary/aromatic N) is 2. The summed E-state index contributed by atoms with van der Waals surface area (Å²) in [7, 11) is 1.42. The summed E-state index contributed by atoms with van der Waals surface area (Å²) >= 11 is 0. The summed E-state index contributed by atoms with van der Waals surface area (Å²) in [6, 6.07) is 3.97. The molecule has 0 aliphatic rings. The zero-order chi connectivity index (χ0) is 15.1. The predicted octanol–water partition coefficient (Wildman–Crippen LogP) is 2.64. The molecule has 0 aliphatic heterocycles. The number of ether oxygens (including phenoxy) is 1. The van der Waals surface area contributed by atoms with E-state index in [4.69, 9.17) is 4.74 Å². The molecule has 20 heavy (non-hydrogen) atoms. The van der Waals surface area contributed by atoms with Crippen LogP contribution in [0.1, 0.15) is 24.2 Å². The Morgan fingerprint density at radius 3 is 2.55 bits per heavy atom. The highest BCUT2D eigenvalue weighted by Crippen LogP contribution is 2.24. The average Bonchev–Trinajstić information content (AvgIpc) is 2.47. The quantitative estimate of drug-likeness (QED) is 0.332. The Kier molecular flexibility index (Phi) is 5.71. The standard InChI is InChI=1S/C14H18N2O4/c1-4-15(5-2)9-8-13(17)12-10-11(16(18)19)6-7-14(12)20-3/h6-10H,4-5H2,1-3H3. The molecule has 108 valence electrons. The summed E-state index contributed by atoms with van der Waals surface area (Å²) in [6.45, 7) is 5.53. The number of methoxy groups -OCH3 is 1. The van der Waals surface area contributed by atoms with E-state index in [0.29, 0.717) is 5.75 Å². The van der Waals surface area contributed by atoms with Gasteiger partial charge in [-0.25, -0.2) is 0 Å². The summed E-state index contributed by atoms with van der Waals surface area (Å²) in [5, 5.41) is 10.8. The molecule has 0 saturated heterocycles. The molecular weight excluding hydrogens is 260 g/mol. The summed E-state index contributed by atoms with van der Waals surface area (Å²) in [6.07, 6.45) is 3.08. The van der Waals surface area contributed by atoms with E-state index in [1.807, 2.05) is 18.7 Å². The first kappa shape index (κ1) is 15.7. The lowest BCUT2D eigenvalue weighted by atomic mass is 10.1. The Morgan fingerprint density at radius 1 is 1.40 bits per heavy atom. The van der Waals surface area contributed by atoms with Crippen molar-refractivity contribution >= 4 is 11.5 Å². The van der Waals surface area contributed by atoms with Crippen molar-refractivity contribution < 1.29 is 14.5 Å². The molecular formula is C14H18N2O4. The lowest BCUT2D eigenvalue weighted by molar-refractivity contribution is -0.384. The molecule has 0 N–H and O–H groups in total. The van der Waals surface area contributed by atoms with Crippen molar-refractivity contribution in [2.24, 2.45) is 0 Å². The first-order chi connectivity index (χ1) is 9.53. The van der Waals surface area contributed by atoms with Gasteiger partial charge in [0.1, 0.15) is 5.75 Å². The molecule has 0 fully saturated rings. The van der Waals surface area contributed by atoms with E-state index in [9.17, 15) is 14.9 Å². The number of non-ortho nitro benzene ring substituents is 1. The largest absolute Gasteiger partial charge is 0.496 e.